The molecule has 2 heterocycles. The van der Waals surface area contributed by atoms with Gasteiger partial charge in [0.05, 0.1) is 6.20 Å². The Hall–Kier alpha value is -3.02. The van der Waals surface area contributed by atoms with Crippen LogP contribution in [0.4, 0.5) is 11.8 Å². The third-order valence-corrected chi connectivity index (χ3v) is 3.45. The third-order valence-electron chi connectivity index (χ3n) is 3.45. The topological polar surface area (TPSA) is 75.6 Å². The van der Waals surface area contributed by atoms with Gasteiger partial charge < -0.3 is 10.6 Å². The highest BCUT2D eigenvalue weighted by Crippen LogP contribution is 2.10. The van der Waals surface area contributed by atoms with Gasteiger partial charge in [-0.2, -0.15) is 10.1 Å². The van der Waals surface area contributed by atoms with Crippen molar-refractivity contribution in [2.75, 3.05) is 10.6 Å². The number of benzene rings is 1. The van der Waals surface area contributed by atoms with Crippen LogP contribution >= 0.6 is 0 Å². The molecule has 0 fully saturated rings. The molecular weight excluding hydrogens is 288 g/mol. The van der Waals surface area contributed by atoms with Crippen LogP contribution in [-0.2, 0) is 13.1 Å². The average Bonchev–Trinajstić information content (AvgIpc) is 2.61. The number of nitrogens with zero attached hydrogens (tertiary/aromatic N) is 4. The second-order valence-electron chi connectivity index (χ2n) is 5.16. The largest absolute Gasteiger partial charge is 0.364 e. The van der Waals surface area contributed by atoms with Crippen LogP contribution in [0, 0.1) is 6.92 Å². The fraction of sp³-hybridized carbons (Fsp3) is 0.176. The van der Waals surface area contributed by atoms with Gasteiger partial charge in [0, 0.05) is 25.5 Å². The highest BCUT2D eigenvalue weighted by atomic mass is 15.3. The van der Waals surface area contributed by atoms with Gasteiger partial charge in [-0.15, -0.1) is 5.10 Å². The molecule has 0 saturated heterocycles. The number of pyridine rings is 1. The summed E-state index contributed by atoms with van der Waals surface area (Å²) in [5.41, 5.74) is 3.53. The summed E-state index contributed by atoms with van der Waals surface area (Å²) in [5.74, 6) is 1.18. The Kier molecular flexibility index (Phi) is 4.73. The van der Waals surface area contributed by atoms with Gasteiger partial charge in [-0.1, -0.05) is 30.3 Å². The predicted molar refractivity (Wildman–Crippen MR) is 89.9 cm³/mol. The standard InChI is InChI=1S/C17H18N6/c1-13-5-2-3-7-15(13)11-20-17-22-16(12-21-23-17)19-10-14-6-4-8-18-9-14/h2-9,12H,10-11H2,1H3,(H2,19,20,22,23). The highest BCUT2D eigenvalue weighted by Gasteiger charge is 2.02. The minimum Gasteiger partial charge on any atom is -0.364 e. The number of aromatic nitrogens is 4. The summed E-state index contributed by atoms with van der Waals surface area (Å²) in [6.07, 6.45) is 5.18. The molecule has 3 rings (SSSR count). The summed E-state index contributed by atoms with van der Waals surface area (Å²) in [4.78, 5) is 8.50. The zero-order chi connectivity index (χ0) is 15.9. The van der Waals surface area contributed by atoms with Crippen LogP contribution in [0.3, 0.4) is 0 Å². The molecule has 0 aliphatic heterocycles. The minimum absolute atomic E-state index is 0.504. The van der Waals surface area contributed by atoms with Crippen LogP contribution in [0.5, 0.6) is 0 Å². The van der Waals surface area contributed by atoms with Gasteiger partial charge in [0.25, 0.3) is 0 Å². The molecule has 0 aliphatic rings. The van der Waals surface area contributed by atoms with Crippen LogP contribution in [0.2, 0.25) is 0 Å². The molecule has 6 nitrogen and oxygen atoms in total. The molecule has 0 saturated carbocycles. The van der Waals surface area contributed by atoms with Gasteiger partial charge in [0.15, 0.2) is 5.82 Å². The Morgan fingerprint density at radius 3 is 2.70 bits per heavy atom. The molecule has 0 aliphatic carbocycles. The lowest BCUT2D eigenvalue weighted by Gasteiger charge is -2.09. The van der Waals surface area contributed by atoms with Crippen LogP contribution in [-0.4, -0.2) is 20.2 Å². The van der Waals surface area contributed by atoms with Crippen LogP contribution in [0.1, 0.15) is 16.7 Å². The molecule has 2 N–H and O–H groups in total. The maximum absolute atomic E-state index is 4.42. The van der Waals surface area contributed by atoms with E-state index in [1.54, 1.807) is 12.4 Å². The zero-order valence-corrected chi connectivity index (χ0v) is 12.9. The van der Waals surface area contributed by atoms with E-state index in [1.165, 1.54) is 11.1 Å². The Bertz CT molecular complexity index is 760. The fourth-order valence-electron chi connectivity index (χ4n) is 2.14. The van der Waals surface area contributed by atoms with E-state index in [0.29, 0.717) is 24.9 Å². The van der Waals surface area contributed by atoms with Crippen molar-refractivity contribution in [3.8, 4) is 0 Å². The molecule has 0 spiro atoms. The molecule has 0 amide bonds. The van der Waals surface area contributed by atoms with Gasteiger partial charge in [-0.25, -0.2) is 0 Å². The van der Waals surface area contributed by atoms with E-state index in [0.717, 1.165) is 5.56 Å². The molecule has 0 bridgehead atoms. The minimum atomic E-state index is 0.504. The Morgan fingerprint density at radius 1 is 0.957 bits per heavy atom. The van der Waals surface area contributed by atoms with Gasteiger partial charge in [0.2, 0.25) is 5.95 Å². The smallest absolute Gasteiger partial charge is 0.244 e. The summed E-state index contributed by atoms with van der Waals surface area (Å²) < 4.78 is 0. The van der Waals surface area contributed by atoms with Crippen LogP contribution < -0.4 is 10.6 Å². The number of aryl methyl sites for hydroxylation is 1. The van der Waals surface area contributed by atoms with E-state index < -0.39 is 0 Å². The number of anilines is 2. The van der Waals surface area contributed by atoms with Crippen molar-refractivity contribution in [2.45, 2.75) is 20.0 Å². The summed E-state index contributed by atoms with van der Waals surface area (Å²) in [7, 11) is 0. The first-order valence-corrected chi connectivity index (χ1v) is 7.42. The van der Waals surface area contributed by atoms with E-state index in [-0.39, 0.29) is 0 Å². The molecule has 1 aromatic carbocycles. The van der Waals surface area contributed by atoms with Crippen molar-refractivity contribution in [3.63, 3.8) is 0 Å². The van der Waals surface area contributed by atoms with E-state index in [1.807, 2.05) is 30.5 Å². The molecule has 116 valence electrons. The fourth-order valence-corrected chi connectivity index (χ4v) is 2.14. The van der Waals surface area contributed by atoms with Gasteiger partial charge in [0.1, 0.15) is 0 Å². The van der Waals surface area contributed by atoms with Crippen LogP contribution in [0.15, 0.2) is 55.0 Å². The maximum Gasteiger partial charge on any atom is 0.244 e. The number of nitrogens with one attached hydrogen (secondary N) is 2. The Balaban J connectivity index is 1.60. The maximum atomic E-state index is 4.42. The number of hydrogen-bond acceptors (Lipinski definition) is 6. The molecule has 23 heavy (non-hydrogen) atoms. The summed E-state index contributed by atoms with van der Waals surface area (Å²) >= 11 is 0. The van der Waals surface area contributed by atoms with E-state index in [4.69, 9.17) is 0 Å². The van der Waals surface area contributed by atoms with Crippen molar-refractivity contribution in [1.29, 1.82) is 0 Å². The second-order valence-corrected chi connectivity index (χ2v) is 5.16. The highest BCUT2D eigenvalue weighted by molar-refractivity contribution is 5.38. The van der Waals surface area contributed by atoms with Gasteiger partial charge >= 0.3 is 0 Å². The lowest BCUT2D eigenvalue weighted by Crippen LogP contribution is -2.08. The van der Waals surface area contributed by atoms with Gasteiger partial charge in [-0.3, -0.25) is 4.98 Å². The van der Waals surface area contributed by atoms with Gasteiger partial charge in [-0.05, 0) is 29.7 Å². The average molecular weight is 306 g/mol. The Labute approximate surface area is 135 Å². The van der Waals surface area contributed by atoms with Crippen molar-refractivity contribution < 1.29 is 0 Å². The molecule has 3 aromatic rings. The summed E-state index contributed by atoms with van der Waals surface area (Å²) in [5, 5.41) is 14.4. The molecular formula is C17H18N6. The molecule has 0 unspecified atom stereocenters. The zero-order valence-electron chi connectivity index (χ0n) is 12.9. The monoisotopic (exact) mass is 306 g/mol. The number of hydrogen-bond donors (Lipinski definition) is 2. The van der Waals surface area contributed by atoms with Crippen molar-refractivity contribution >= 4 is 11.8 Å². The van der Waals surface area contributed by atoms with E-state index in [9.17, 15) is 0 Å². The predicted octanol–water partition coefficient (Wildman–Crippen LogP) is 2.80. The third kappa shape index (κ3) is 4.23. The first-order valence-electron chi connectivity index (χ1n) is 7.42. The van der Waals surface area contributed by atoms with E-state index in [2.05, 4.69) is 49.9 Å². The second kappa shape index (κ2) is 7.31. The molecule has 6 heteroatoms. The molecule has 0 radical (unpaired) electrons. The Morgan fingerprint density at radius 2 is 1.87 bits per heavy atom. The first kappa shape index (κ1) is 14.9. The lowest BCUT2D eigenvalue weighted by molar-refractivity contribution is 0.934. The summed E-state index contributed by atoms with van der Waals surface area (Å²) in [6.45, 7) is 3.40. The summed E-state index contributed by atoms with van der Waals surface area (Å²) in [6, 6.07) is 12.1. The SMILES string of the molecule is Cc1ccccc1CNc1nncc(NCc2cccnc2)n1. The molecule has 0 atom stereocenters. The van der Waals surface area contributed by atoms with E-state index >= 15 is 0 Å². The van der Waals surface area contributed by atoms with Crippen LogP contribution in [0.25, 0.3) is 0 Å². The normalized spacial score (nSPS) is 10.3. The van der Waals surface area contributed by atoms with Crippen molar-refractivity contribution in [2.24, 2.45) is 0 Å². The quantitative estimate of drug-likeness (QED) is 0.729. The van der Waals surface area contributed by atoms with Crippen molar-refractivity contribution in [3.05, 3.63) is 71.7 Å². The number of rotatable bonds is 6. The van der Waals surface area contributed by atoms with Crippen molar-refractivity contribution in [1.82, 2.24) is 20.2 Å². The first-order chi connectivity index (χ1) is 11.3. The lowest BCUT2D eigenvalue weighted by atomic mass is 10.1. The molecule has 2 aromatic heterocycles.